The van der Waals surface area contributed by atoms with Gasteiger partial charge in [-0.15, -0.1) is 0 Å². The van der Waals surface area contributed by atoms with Crippen LogP contribution in [0.25, 0.3) is 10.9 Å². The first kappa shape index (κ1) is 19.7. The fraction of sp³-hybridized carbons (Fsp3) is 0.364. The highest BCUT2D eigenvalue weighted by Gasteiger charge is 2.40. The number of aromatic amines is 1. The highest BCUT2D eigenvalue weighted by molar-refractivity contribution is 6.31. The summed E-state index contributed by atoms with van der Waals surface area (Å²) in [6.45, 7) is 6.04. The van der Waals surface area contributed by atoms with Crippen molar-refractivity contribution in [2.45, 2.75) is 32.2 Å². The van der Waals surface area contributed by atoms with E-state index in [0.29, 0.717) is 5.75 Å². The number of hydrogen-bond donors (Lipinski definition) is 3. The van der Waals surface area contributed by atoms with Crippen molar-refractivity contribution >= 4 is 22.5 Å². The molecular formula is C22H28ClN3O. The van der Waals surface area contributed by atoms with Crippen LogP contribution in [0.5, 0.6) is 5.75 Å². The van der Waals surface area contributed by atoms with Crippen LogP contribution in [0.15, 0.2) is 42.5 Å². The smallest absolute Gasteiger partial charge is 0.115 e. The fourth-order valence-electron chi connectivity index (χ4n) is 3.76. The summed E-state index contributed by atoms with van der Waals surface area (Å²) in [5.41, 5.74) is 9.43. The first-order valence-electron chi connectivity index (χ1n) is 9.43. The quantitative estimate of drug-likeness (QED) is 0.602. The lowest BCUT2D eigenvalue weighted by atomic mass is 9.81. The summed E-state index contributed by atoms with van der Waals surface area (Å²) in [4.78, 5) is 5.93. The standard InChI is InChI=1S/C19H19ClN2O.C3H9N/c1-19(12-4-3-5-14(23)10-12)18-15(8-9-22(19)2)16-11-13(20)6-7-17(16)21-18;1-2-3-4/h3-7,10-11,21,23H,8-9H2,1-2H3;2-4H2,1H3. The van der Waals surface area contributed by atoms with Crippen LogP contribution in [-0.4, -0.2) is 35.1 Å². The van der Waals surface area contributed by atoms with Crippen LogP contribution >= 0.6 is 11.6 Å². The molecule has 0 saturated heterocycles. The number of nitrogens with zero attached hydrogens (tertiary/aromatic N) is 1. The van der Waals surface area contributed by atoms with Crippen molar-refractivity contribution in [2.24, 2.45) is 5.73 Å². The van der Waals surface area contributed by atoms with Gasteiger partial charge in [0.05, 0.1) is 5.54 Å². The summed E-state index contributed by atoms with van der Waals surface area (Å²) in [6, 6.07) is 13.5. The lowest BCUT2D eigenvalue weighted by Crippen LogP contribution is -2.47. The zero-order chi connectivity index (χ0) is 19.6. The maximum Gasteiger partial charge on any atom is 0.115 e. The molecule has 2 aromatic carbocycles. The molecule has 0 radical (unpaired) electrons. The highest BCUT2D eigenvalue weighted by atomic mass is 35.5. The molecule has 5 heteroatoms. The number of halogens is 1. The third kappa shape index (κ3) is 3.57. The number of phenolic OH excluding ortho intramolecular Hbond substituents is 1. The third-order valence-electron chi connectivity index (χ3n) is 5.51. The van der Waals surface area contributed by atoms with E-state index in [9.17, 15) is 5.11 Å². The van der Waals surface area contributed by atoms with Crippen molar-refractivity contribution in [1.82, 2.24) is 9.88 Å². The second kappa shape index (κ2) is 7.93. The van der Waals surface area contributed by atoms with E-state index in [-0.39, 0.29) is 5.54 Å². The van der Waals surface area contributed by atoms with Crippen LogP contribution < -0.4 is 5.73 Å². The van der Waals surface area contributed by atoms with Gasteiger partial charge in [-0.05, 0) is 74.8 Å². The van der Waals surface area contributed by atoms with Gasteiger partial charge in [-0.3, -0.25) is 4.90 Å². The zero-order valence-electron chi connectivity index (χ0n) is 16.2. The van der Waals surface area contributed by atoms with Gasteiger partial charge in [0.2, 0.25) is 0 Å². The van der Waals surface area contributed by atoms with Gasteiger partial charge in [-0.1, -0.05) is 30.7 Å². The minimum absolute atomic E-state index is 0.295. The number of likely N-dealkylation sites (N-methyl/N-ethyl adjacent to an activating group) is 1. The Morgan fingerprint density at radius 3 is 2.67 bits per heavy atom. The van der Waals surface area contributed by atoms with Gasteiger partial charge in [0, 0.05) is 28.2 Å². The SMILES string of the molecule is CCCN.CN1CCc2c([nH]c3ccc(Cl)cc23)C1(C)c1cccc(O)c1. The number of rotatable bonds is 2. The average molecular weight is 386 g/mol. The Hall–Kier alpha value is -2.01. The largest absolute Gasteiger partial charge is 0.508 e. The van der Waals surface area contributed by atoms with Crippen LogP contribution in [0, 0.1) is 0 Å². The zero-order valence-corrected chi connectivity index (χ0v) is 17.0. The Morgan fingerprint density at radius 2 is 2.00 bits per heavy atom. The van der Waals surface area contributed by atoms with E-state index < -0.39 is 0 Å². The van der Waals surface area contributed by atoms with Crippen molar-refractivity contribution in [1.29, 1.82) is 0 Å². The van der Waals surface area contributed by atoms with Crippen molar-refractivity contribution < 1.29 is 5.11 Å². The van der Waals surface area contributed by atoms with Crippen LogP contribution in [0.3, 0.4) is 0 Å². The number of fused-ring (bicyclic) bond motifs is 3. The van der Waals surface area contributed by atoms with Gasteiger partial charge in [0.1, 0.15) is 5.75 Å². The summed E-state index contributed by atoms with van der Waals surface area (Å²) >= 11 is 6.20. The molecule has 4 rings (SSSR count). The Labute approximate surface area is 165 Å². The van der Waals surface area contributed by atoms with Crippen LogP contribution in [-0.2, 0) is 12.0 Å². The molecule has 4 nitrogen and oxygen atoms in total. The Morgan fingerprint density at radius 1 is 1.26 bits per heavy atom. The summed E-state index contributed by atoms with van der Waals surface area (Å²) in [5, 5.41) is 11.9. The maximum absolute atomic E-state index is 9.92. The molecule has 1 unspecified atom stereocenters. The van der Waals surface area contributed by atoms with E-state index in [1.807, 2.05) is 30.3 Å². The summed E-state index contributed by atoms with van der Waals surface area (Å²) < 4.78 is 0. The van der Waals surface area contributed by atoms with Crippen molar-refractivity contribution in [3.8, 4) is 5.75 Å². The molecule has 0 spiro atoms. The number of aromatic nitrogens is 1. The molecule has 1 aliphatic rings. The first-order chi connectivity index (χ1) is 12.9. The van der Waals surface area contributed by atoms with Gasteiger partial charge >= 0.3 is 0 Å². The van der Waals surface area contributed by atoms with Gasteiger partial charge in [0.25, 0.3) is 0 Å². The Bertz CT molecular complexity index is 934. The van der Waals surface area contributed by atoms with E-state index in [1.54, 1.807) is 6.07 Å². The molecule has 1 aliphatic heterocycles. The summed E-state index contributed by atoms with van der Waals surface area (Å²) in [6.07, 6.45) is 2.08. The molecule has 0 fully saturated rings. The number of phenols is 1. The summed E-state index contributed by atoms with van der Waals surface area (Å²) in [5.74, 6) is 0.295. The van der Waals surface area contributed by atoms with E-state index in [4.69, 9.17) is 17.3 Å². The minimum Gasteiger partial charge on any atom is -0.508 e. The topological polar surface area (TPSA) is 65.3 Å². The number of benzene rings is 2. The fourth-order valence-corrected chi connectivity index (χ4v) is 3.93. The molecular weight excluding hydrogens is 358 g/mol. The lowest BCUT2D eigenvalue weighted by Gasteiger charge is -2.43. The molecule has 1 atom stereocenters. The van der Waals surface area contributed by atoms with Crippen molar-refractivity contribution in [3.63, 3.8) is 0 Å². The van der Waals surface area contributed by atoms with Gasteiger partial charge in [-0.25, -0.2) is 0 Å². The molecule has 144 valence electrons. The second-order valence-electron chi connectivity index (χ2n) is 7.25. The highest BCUT2D eigenvalue weighted by Crippen LogP contribution is 2.43. The minimum atomic E-state index is -0.308. The molecule has 27 heavy (non-hydrogen) atoms. The second-order valence-corrected chi connectivity index (χ2v) is 7.69. The predicted octanol–water partition coefficient (Wildman–Crippen LogP) is 4.63. The van der Waals surface area contributed by atoms with Crippen molar-refractivity contribution in [3.05, 3.63) is 64.3 Å². The molecule has 3 aromatic rings. The number of nitrogens with one attached hydrogen (secondary N) is 1. The number of aromatic hydroxyl groups is 1. The molecule has 0 saturated carbocycles. The van der Waals surface area contributed by atoms with Crippen LogP contribution in [0.2, 0.25) is 5.02 Å². The summed E-state index contributed by atoms with van der Waals surface area (Å²) in [7, 11) is 2.13. The number of nitrogens with two attached hydrogens (primary N) is 1. The van der Waals surface area contributed by atoms with E-state index in [0.717, 1.165) is 42.0 Å². The van der Waals surface area contributed by atoms with Crippen molar-refractivity contribution in [2.75, 3.05) is 20.1 Å². The number of hydrogen-bond acceptors (Lipinski definition) is 3. The molecule has 0 bridgehead atoms. The van der Waals surface area contributed by atoms with Gasteiger partial charge < -0.3 is 15.8 Å². The third-order valence-corrected chi connectivity index (χ3v) is 5.75. The normalized spacial score (nSPS) is 19.4. The van der Waals surface area contributed by atoms with E-state index in [2.05, 4.69) is 36.8 Å². The molecule has 4 N–H and O–H groups in total. The predicted molar refractivity (Wildman–Crippen MR) is 114 cm³/mol. The van der Waals surface area contributed by atoms with E-state index in [1.165, 1.54) is 16.6 Å². The van der Waals surface area contributed by atoms with Gasteiger partial charge in [-0.2, -0.15) is 0 Å². The Kier molecular flexibility index (Phi) is 5.80. The van der Waals surface area contributed by atoms with E-state index >= 15 is 0 Å². The Balaban J connectivity index is 0.000000481. The number of H-pyrrole nitrogens is 1. The molecule has 0 amide bonds. The monoisotopic (exact) mass is 385 g/mol. The first-order valence-corrected chi connectivity index (χ1v) is 9.81. The maximum atomic E-state index is 9.92. The van der Waals surface area contributed by atoms with Crippen LogP contribution in [0.1, 0.15) is 37.1 Å². The average Bonchev–Trinajstić information content (AvgIpc) is 3.04. The lowest BCUT2D eigenvalue weighted by molar-refractivity contribution is 0.161. The van der Waals surface area contributed by atoms with Crippen LogP contribution in [0.4, 0.5) is 0 Å². The van der Waals surface area contributed by atoms with Gasteiger partial charge in [0.15, 0.2) is 0 Å². The molecule has 2 heterocycles. The molecule has 1 aromatic heterocycles. The molecule has 0 aliphatic carbocycles.